The van der Waals surface area contributed by atoms with Crippen molar-refractivity contribution in [1.82, 2.24) is 5.32 Å². The summed E-state index contributed by atoms with van der Waals surface area (Å²) in [7, 11) is -0.865. The van der Waals surface area contributed by atoms with Crippen molar-refractivity contribution < 1.29 is 22.7 Å². The van der Waals surface area contributed by atoms with Crippen LogP contribution in [0.15, 0.2) is 76.5 Å². The highest BCUT2D eigenvalue weighted by molar-refractivity contribution is 8.00. The average Bonchev–Trinajstić information content (AvgIpc) is 2.84. The number of nitrogens with one attached hydrogen (secondary N) is 2. The molecule has 8 nitrogen and oxygen atoms in total. The molecule has 0 unspecified atom stereocenters. The first-order valence-corrected chi connectivity index (χ1v) is 12.9. The highest BCUT2D eigenvalue weighted by atomic mass is 32.2. The van der Waals surface area contributed by atoms with Gasteiger partial charge in [0.15, 0.2) is 11.5 Å². The van der Waals surface area contributed by atoms with E-state index in [4.69, 9.17) is 15.2 Å². The maximum absolute atomic E-state index is 12.7. The smallest absolute Gasteiger partial charge is 0.262 e. The molecular formula is C24H27N3O5S2. The number of carbonyl (C=O) groups is 1. The zero-order valence-corrected chi connectivity index (χ0v) is 20.5. The third-order valence-electron chi connectivity index (χ3n) is 4.86. The molecule has 3 aromatic rings. The van der Waals surface area contributed by atoms with Crippen molar-refractivity contribution >= 4 is 39.1 Å². The van der Waals surface area contributed by atoms with Crippen LogP contribution in [0.5, 0.6) is 11.5 Å². The number of carbonyl (C=O) groups excluding carboxylic acids is 1. The molecule has 34 heavy (non-hydrogen) atoms. The summed E-state index contributed by atoms with van der Waals surface area (Å²) in [5, 5.41) is 2.89. The number of nitrogens with two attached hydrogens (primary N) is 1. The summed E-state index contributed by atoms with van der Waals surface area (Å²) in [6.45, 7) is 0.484. The number of methoxy groups -OCH3 is 2. The number of thioether (sulfide) groups is 1. The highest BCUT2D eigenvalue weighted by Crippen LogP contribution is 2.30. The van der Waals surface area contributed by atoms with Crippen LogP contribution in [0, 0.1) is 0 Å². The summed E-state index contributed by atoms with van der Waals surface area (Å²) in [6, 6.07) is 18.8. The summed E-state index contributed by atoms with van der Waals surface area (Å²) in [6.07, 6.45) is 0.626. The lowest BCUT2D eigenvalue weighted by Gasteiger charge is -2.12. The van der Waals surface area contributed by atoms with Crippen molar-refractivity contribution in [3.63, 3.8) is 0 Å². The molecule has 0 aliphatic rings. The number of hydrogen-bond acceptors (Lipinski definition) is 7. The Hall–Kier alpha value is -3.37. The molecule has 0 heterocycles. The molecule has 3 rings (SSSR count). The monoisotopic (exact) mass is 501 g/mol. The standard InChI is InChI=1S/C24H27N3O5S2/c1-31-22-12-11-21(15-23(22)32-2)34(29,30)27-19-7-3-17(4-8-19)13-14-26-24(28)16-33-20-9-5-18(25)6-10-20/h3-12,15,27H,13-14,16,25H2,1-2H3,(H,26,28). The normalized spacial score (nSPS) is 11.0. The summed E-state index contributed by atoms with van der Waals surface area (Å²) >= 11 is 1.45. The number of amides is 1. The van der Waals surface area contributed by atoms with Crippen LogP contribution in [0.2, 0.25) is 0 Å². The summed E-state index contributed by atoms with van der Waals surface area (Å²) in [5.41, 5.74) is 7.75. The Kier molecular flexibility index (Phi) is 8.67. The number of rotatable bonds is 11. The van der Waals surface area contributed by atoms with Crippen molar-refractivity contribution in [2.24, 2.45) is 0 Å². The van der Waals surface area contributed by atoms with Gasteiger partial charge in [0.25, 0.3) is 10.0 Å². The van der Waals surface area contributed by atoms with Gasteiger partial charge in [-0.05, 0) is 60.5 Å². The van der Waals surface area contributed by atoms with Gasteiger partial charge in [0.1, 0.15) is 0 Å². The van der Waals surface area contributed by atoms with E-state index in [9.17, 15) is 13.2 Å². The van der Waals surface area contributed by atoms with E-state index >= 15 is 0 Å². The van der Waals surface area contributed by atoms with Gasteiger partial charge in [-0.25, -0.2) is 8.42 Å². The second kappa shape index (κ2) is 11.7. The van der Waals surface area contributed by atoms with Crippen LogP contribution in [0.1, 0.15) is 5.56 Å². The zero-order chi connectivity index (χ0) is 24.6. The molecule has 1 amide bonds. The van der Waals surface area contributed by atoms with Gasteiger partial charge in [-0.15, -0.1) is 11.8 Å². The number of hydrogen-bond donors (Lipinski definition) is 3. The van der Waals surface area contributed by atoms with Gasteiger partial charge in [-0.3, -0.25) is 9.52 Å². The van der Waals surface area contributed by atoms with Crippen LogP contribution in [-0.4, -0.2) is 40.8 Å². The molecule has 0 spiro atoms. The Morgan fingerprint density at radius 2 is 1.62 bits per heavy atom. The van der Waals surface area contributed by atoms with Crippen LogP contribution in [0.4, 0.5) is 11.4 Å². The lowest BCUT2D eigenvalue weighted by molar-refractivity contribution is -0.118. The summed E-state index contributed by atoms with van der Waals surface area (Å²) in [5.74, 6) is 1.04. The predicted octanol–water partition coefficient (Wildman–Crippen LogP) is 3.54. The fraction of sp³-hybridized carbons (Fsp3) is 0.208. The molecule has 0 radical (unpaired) electrons. The molecule has 0 aliphatic heterocycles. The lowest BCUT2D eigenvalue weighted by atomic mass is 10.1. The Morgan fingerprint density at radius 1 is 0.941 bits per heavy atom. The van der Waals surface area contributed by atoms with Crippen molar-refractivity contribution in [2.45, 2.75) is 16.2 Å². The summed E-state index contributed by atoms with van der Waals surface area (Å²) < 4.78 is 38.3. The zero-order valence-electron chi connectivity index (χ0n) is 18.9. The van der Waals surface area contributed by atoms with Gasteiger partial charge in [0.2, 0.25) is 5.91 Å². The highest BCUT2D eigenvalue weighted by Gasteiger charge is 2.17. The maximum atomic E-state index is 12.7. The maximum Gasteiger partial charge on any atom is 0.262 e. The van der Waals surface area contributed by atoms with Gasteiger partial charge in [-0.2, -0.15) is 0 Å². The van der Waals surface area contributed by atoms with Crippen LogP contribution in [-0.2, 0) is 21.2 Å². The van der Waals surface area contributed by atoms with E-state index < -0.39 is 10.0 Å². The van der Waals surface area contributed by atoms with Gasteiger partial charge < -0.3 is 20.5 Å². The molecule has 0 atom stereocenters. The van der Waals surface area contributed by atoms with Crippen LogP contribution >= 0.6 is 11.8 Å². The van der Waals surface area contributed by atoms with E-state index in [1.807, 2.05) is 24.3 Å². The molecule has 180 valence electrons. The van der Waals surface area contributed by atoms with Crippen LogP contribution in [0.25, 0.3) is 0 Å². The van der Waals surface area contributed by atoms with Gasteiger partial charge >= 0.3 is 0 Å². The average molecular weight is 502 g/mol. The molecule has 0 aromatic heterocycles. The Labute approximate surface area is 203 Å². The largest absolute Gasteiger partial charge is 0.493 e. The molecule has 0 bridgehead atoms. The number of benzene rings is 3. The lowest BCUT2D eigenvalue weighted by Crippen LogP contribution is -2.27. The molecule has 0 aliphatic carbocycles. The van der Waals surface area contributed by atoms with Gasteiger partial charge in [-0.1, -0.05) is 12.1 Å². The fourth-order valence-electron chi connectivity index (χ4n) is 3.05. The Bertz CT molecular complexity index is 1210. The van der Waals surface area contributed by atoms with E-state index in [0.29, 0.717) is 41.6 Å². The van der Waals surface area contributed by atoms with Crippen molar-refractivity contribution in [3.8, 4) is 11.5 Å². The number of nitrogen functional groups attached to an aromatic ring is 1. The number of sulfonamides is 1. The Balaban J connectivity index is 1.49. The molecular weight excluding hydrogens is 474 g/mol. The first-order chi connectivity index (χ1) is 16.3. The van der Waals surface area contributed by atoms with Gasteiger partial charge in [0.05, 0.1) is 24.9 Å². The van der Waals surface area contributed by atoms with Gasteiger partial charge in [0, 0.05) is 28.9 Å². The minimum absolute atomic E-state index is 0.0545. The minimum atomic E-state index is -3.80. The molecule has 10 heteroatoms. The van der Waals surface area contributed by atoms with Crippen LogP contribution in [0.3, 0.4) is 0 Å². The van der Waals surface area contributed by atoms with E-state index in [0.717, 1.165) is 10.5 Å². The number of ether oxygens (including phenoxy) is 2. The number of anilines is 2. The SMILES string of the molecule is COc1ccc(S(=O)(=O)Nc2ccc(CCNC(=O)CSc3ccc(N)cc3)cc2)cc1OC. The topological polar surface area (TPSA) is 120 Å². The van der Waals surface area contributed by atoms with Crippen LogP contribution < -0.4 is 25.2 Å². The minimum Gasteiger partial charge on any atom is -0.493 e. The summed E-state index contributed by atoms with van der Waals surface area (Å²) in [4.78, 5) is 13.1. The molecule has 0 saturated heterocycles. The third-order valence-corrected chi connectivity index (χ3v) is 7.25. The van der Waals surface area contributed by atoms with Crippen molar-refractivity contribution in [2.75, 3.05) is 37.0 Å². The molecule has 0 fully saturated rings. The van der Waals surface area contributed by atoms with E-state index in [1.165, 1.54) is 38.1 Å². The quantitative estimate of drug-likeness (QED) is 0.272. The first kappa shape index (κ1) is 25.3. The fourth-order valence-corrected chi connectivity index (χ4v) is 4.85. The first-order valence-electron chi connectivity index (χ1n) is 10.4. The second-order valence-electron chi connectivity index (χ2n) is 7.28. The van der Waals surface area contributed by atoms with Crippen molar-refractivity contribution in [1.29, 1.82) is 0 Å². The molecule has 3 aromatic carbocycles. The second-order valence-corrected chi connectivity index (χ2v) is 10.0. The Morgan fingerprint density at radius 3 is 2.26 bits per heavy atom. The molecule has 4 N–H and O–H groups in total. The van der Waals surface area contributed by atoms with Crippen molar-refractivity contribution in [3.05, 3.63) is 72.3 Å². The van der Waals surface area contributed by atoms with E-state index in [1.54, 1.807) is 30.3 Å². The molecule has 0 saturated carbocycles. The van der Waals surface area contributed by atoms with E-state index in [2.05, 4.69) is 10.0 Å². The third kappa shape index (κ3) is 7.06. The van der Waals surface area contributed by atoms with E-state index in [-0.39, 0.29) is 10.8 Å². The predicted molar refractivity (Wildman–Crippen MR) is 135 cm³/mol.